The average Bonchev–Trinajstić information content (AvgIpc) is 3.16. The van der Waals surface area contributed by atoms with Crippen molar-refractivity contribution in [1.29, 1.82) is 0 Å². The van der Waals surface area contributed by atoms with Crippen LogP contribution in [-0.4, -0.2) is 63.8 Å². The molecule has 0 atom stereocenters. The van der Waals surface area contributed by atoms with Gasteiger partial charge in [0.25, 0.3) is 0 Å². The second-order valence-corrected chi connectivity index (χ2v) is 6.62. The molecule has 0 spiro atoms. The van der Waals surface area contributed by atoms with Crippen LogP contribution < -0.4 is 10.2 Å². The standard InChI is InChI=1S/C20H25N3O5/c1-22(13-17-7-8-18(28-17)20(25)26-2)14-19(24)21-15-3-5-16(6-4-15)23-9-11-27-12-10-23/h3-8H,9-14H2,1-2H3,(H,21,24). The lowest BCUT2D eigenvalue weighted by molar-refractivity contribution is -0.117. The fourth-order valence-corrected chi connectivity index (χ4v) is 3.02. The number of esters is 1. The molecule has 0 aliphatic carbocycles. The zero-order chi connectivity index (χ0) is 19.9. The van der Waals surface area contributed by atoms with E-state index in [0.717, 1.165) is 37.7 Å². The zero-order valence-electron chi connectivity index (χ0n) is 16.1. The first-order valence-corrected chi connectivity index (χ1v) is 9.13. The molecule has 2 heterocycles. The van der Waals surface area contributed by atoms with Crippen LogP contribution in [0.1, 0.15) is 16.3 Å². The first-order valence-electron chi connectivity index (χ1n) is 9.13. The number of benzene rings is 1. The van der Waals surface area contributed by atoms with Gasteiger partial charge in [-0.2, -0.15) is 0 Å². The maximum Gasteiger partial charge on any atom is 0.373 e. The number of carbonyl (C=O) groups is 2. The zero-order valence-corrected chi connectivity index (χ0v) is 16.1. The van der Waals surface area contributed by atoms with E-state index in [1.165, 1.54) is 7.11 Å². The number of nitrogens with zero attached hydrogens (tertiary/aromatic N) is 2. The van der Waals surface area contributed by atoms with E-state index < -0.39 is 5.97 Å². The summed E-state index contributed by atoms with van der Waals surface area (Å²) in [6, 6.07) is 11.1. The third-order valence-electron chi connectivity index (χ3n) is 4.41. The molecule has 8 heteroatoms. The highest BCUT2D eigenvalue weighted by atomic mass is 16.5. The Bertz CT molecular complexity index is 796. The fraction of sp³-hybridized carbons (Fsp3) is 0.400. The van der Waals surface area contributed by atoms with Gasteiger partial charge in [-0.25, -0.2) is 4.79 Å². The topological polar surface area (TPSA) is 84.2 Å². The predicted octanol–water partition coefficient (Wildman–Crippen LogP) is 1.97. The normalized spacial score (nSPS) is 14.2. The number of ether oxygens (including phenoxy) is 2. The van der Waals surface area contributed by atoms with E-state index >= 15 is 0 Å². The molecule has 1 aliphatic rings. The summed E-state index contributed by atoms with van der Waals surface area (Å²) in [4.78, 5) is 27.8. The van der Waals surface area contributed by atoms with Crippen LogP contribution in [0.5, 0.6) is 0 Å². The molecule has 150 valence electrons. The number of carbonyl (C=O) groups excluding carboxylic acids is 2. The highest BCUT2D eigenvalue weighted by molar-refractivity contribution is 5.92. The van der Waals surface area contributed by atoms with Crippen molar-refractivity contribution < 1.29 is 23.5 Å². The van der Waals surface area contributed by atoms with Crippen molar-refractivity contribution in [2.24, 2.45) is 0 Å². The molecule has 0 bridgehead atoms. The summed E-state index contributed by atoms with van der Waals surface area (Å²) < 4.78 is 15.4. The van der Waals surface area contributed by atoms with Gasteiger partial charge in [0.05, 0.1) is 33.4 Å². The maximum atomic E-state index is 12.3. The second-order valence-electron chi connectivity index (χ2n) is 6.62. The third-order valence-corrected chi connectivity index (χ3v) is 4.41. The Kier molecular flexibility index (Phi) is 6.67. The number of nitrogens with one attached hydrogen (secondary N) is 1. The van der Waals surface area contributed by atoms with Crippen molar-refractivity contribution >= 4 is 23.3 Å². The summed E-state index contributed by atoms with van der Waals surface area (Å²) in [6.07, 6.45) is 0. The van der Waals surface area contributed by atoms with Crippen LogP contribution in [0, 0.1) is 0 Å². The SMILES string of the molecule is COC(=O)c1ccc(CN(C)CC(=O)Nc2ccc(N3CCOCC3)cc2)o1. The summed E-state index contributed by atoms with van der Waals surface area (Å²) in [5.74, 6) is 0.0924. The lowest BCUT2D eigenvalue weighted by Gasteiger charge is -2.28. The van der Waals surface area contributed by atoms with Crippen LogP contribution in [-0.2, 0) is 20.8 Å². The van der Waals surface area contributed by atoms with Crippen LogP contribution in [0.25, 0.3) is 0 Å². The second kappa shape index (κ2) is 9.38. The van der Waals surface area contributed by atoms with Gasteiger partial charge < -0.3 is 24.1 Å². The van der Waals surface area contributed by atoms with E-state index in [-0.39, 0.29) is 18.2 Å². The molecule has 8 nitrogen and oxygen atoms in total. The molecule has 2 aromatic rings. The minimum absolute atomic E-state index is 0.124. The molecule has 0 radical (unpaired) electrons. The van der Waals surface area contributed by atoms with Crippen LogP contribution in [0.2, 0.25) is 0 Å². The van der Waals surface area contributed by atoms with E-state index in [1.807, 2.05) is 24.3 Å². The van der Waals surface area contributed by atoms with Gasteiger partial charge in [0.15, 0.2) is 0 Å². The van der Waals surface area contributed by atoms with Crippen molar-refractivity contribution in [2.45, 2.75) is 6.54 Å². The van der Waals surface area contributed by atoms with Crippen molar-refractivity contribution in [3.05, 3.63) is 47.9 Å². The van der Waals surface area contributed by atoms with Crippen LogP contribution >= 0.6 is 0 Å². The van der Waals surface area contributed by atoms with Gasteiger partial charge in [0, 0.05) is 24.5 Å². The van der Waals surface area contributed by atoms with Gasteiger partial charge in [0.2, 0.25) is 11.7 Å². The van der Waals surface area contributed by atoms with Gasteiger partial charge in [-0.1, -0.05) is 0 Å². The summed E-state index contributed by atoms with van der Waals surface area (Å²) in [5.41, 5.74) is 1.87. The Hall–Kier alpha value is -2.84. The highest BCUT2D eigenvalue weighted by Gasteiger charge is 2.14. The molecule has 0 saturated carbocycles. The van der Waals surface area contributed by atoms with Crippen LogP contribution in [0.4, 0.5) is 11.4 Å². The van der Waals surface area contributed by atoms with Crippen molar-refractivity contribution in [3.63, 3.8) is 0 Å². The predicted molar refractivity (Wildman–Crippen MR) is 104 cm³/mol. The Labute approximate surface area is 164 Å². The van der Waals surface area contributed by atoms with E-state index in [1.54, 1.807) is 24.1 Å². The molecular weight excluding hydrogens is 362 g/mol. The summed E-state index contributed by atoms with van der Waals surface area (Å²) >= 11 is 0. The molecule has 0 unspecified atom stereocenters. The Morgan fingerprint density at radius 3 is 2.54 bits per heavy atom. The Morgan fingerprint density at radius 2 is 1.86 bits per heavy atom. The largest absolute Gasteiger partial charge is 0.463 e. The van der Waals surface area contributed by atoms with E-state index in [2.05, 4.69) is 15.0 Å². The van der Waals surface area contributed by atoms with Gasteiger partial charge in [-0.3, -0.25) is 9.69 Å². The monoisotopic (exact) mass is 387 g/mol. The van der Waals surface area contributed by atoms with Crippen molar-refractivity contribution in [3.8, 4) is 0 Å². The third kappa shape index (κ3) is 5.34. The summed E-state index contributed by atoms with van der Waals surface area (Å²) in [6.45, 7) is 3.82. The Balaban J connectivity index is 1.47. The minimum Gasteiger partial charge on any atom is -0.463 e. The molecule has 1 aromatic carbocycles. The molecule has 1 fully saturated rings. The first-order chi connectivity index (χ1) is 13.5. The number of methoxy groups -OCH3 is 1. The van der Waals surface area contributed by atoms with E-state index in [9.17, 15) is 9.59 Å². The number of likely N-dealkylation sites (N-methyl/N-ethyl adjacent to an activating group) is 1. The number of furan rings is 1. The lowest BCUT2D eigenvalue weighted by Crippen LogP contribution is -2.36. The van der Waals surface area contributed by atoms with Gasteiger partial charge in [-0.15, -0.1) is 0 Å². The van der Waals surface area contributed by atoms with E-state index in [0.29, 0.717) is 12.3 Å². The highest BCUT2D eigenvalue weighted by Crippen LogP contribution is 2.19. The summed E-state index contributed by atoms with van der Waals surface area (Å²) in [7, 11) is 3.11. The Morgan fingerprint density at radius 1 is 1.14 bits per heavy atom. The number of morpholine rings is 1. The van der Waals surface area contributed by atoms with Crippen molar-refractivity contribution in [1.82, 2.24) is 4.90 Å². The molecule has 1 saturated heterocycles. The van der Waals surface area contributed by atoms with Crippen LogP contribution in [0.3, 0.4) is 0 Å². The average molecular weight is 387 g/mol. The molecule has 1 aromatic heterocycles. The molecule has 1 amide bonds. The molecule has 3 rings (SSSR count). The fourth-order valence-electron chi connectivity index (χ4n) is 3.02. The van der Waals surface area contributed by atoms with Crippen molar-refractivity contribution in [2.75, 3.05) is 57.2 Å². The van der Waals surface area contributed by atoms with Crippen LogP contribution in [0.15, 0.2) is 40.8 Å². The number of amides is 1. The number of hydrogen-bond acceptors (Lipinski definition) is 7. The van der Waals surface area contributed by atoms with Gasteiger partial charge in [0.1, 0.15) is 5.76 Å². The van der Waals surface area contributed by atoms with Gasteiger partial charge in [-0.05, 0) is 43.4 Å². The molecule has 1 N–H and O–H groups in total. The molecular formula is C20H25N3O5. The number of hydrogen-bond donors (Lipinski definition) is 1. The maximum absolute atomic E-state index is 12.3. The number of rotatable bonds is 7. The van der Waals surface area contributed by atoms with Gasteiger partial charge >= 0.3 is 5.97 Å². The number of anilines is 2. The lowest BCUT2D eigenvalue weighted by atomic mass is 10.2. The quantitative estimate of drug-likeness (QED) is 0.727. The summed E-state index contributed by atoms with van der Waals surface area (Å²) in [5, 5.41) is 2.89. The van der Waals surface area contributed by atoms with E-state index in [4.69, 9.17) is 9.15 Å². The smallest absolute Gasteiger partial charge is 0.373 e. The minimum atomic E-state index is -0.521. The molecule has 1 aliphatic heterocycles. The molecule has 28 heavy (non-hydrogen) atoms. The first kappa shape index (κ1) is 19.9.